The normalized spacial score (nSPS) is 16.6. The molecule has 0 saturated heterocycles. The molecule has 100 valence electrons. The molecule has 20 heavy (non-hydrogen) atoms. The van der Waals surface area contributed by atoms with Gasteiger partial charge in [0.25, 0.3) is 0 Å². The van der Waals surface area contributed by atoms with Crippen molar-refractivity contribution in [2.24, 2.45) is 4.99 Å². The molecular formula is C18H18N2. The summed E-state index contributed by atoms with van der Waals surface area (Å²) in [6, 6.07) is 20.7. The van der Waals surface area contributed by atoms with Crippen LogP contribution in [0.4, 0.5) is 0 Å². The molecule has 1 heterocycles. The predicted molar refractivity (Wildman–Crippen MR) is 83.7 cm³/mol. The Morgan fingerprint density at radius 2 is 1.45 bits per heavy atom. The molecule has 0 aromatic heterocycles. The quantitative estimate of drug-likeness (QED) is 0.892. The number of nitrogens with one attached hydrogen (secondary N) is 1. The number of hydrogen-bond donors (Lipinski definition) is 1. The minimum Gasteiger partial charge on any atom is -0.345 e. The Balaban J connectivity index is 2.25. The van der Waals surface area contributed by atoms with Gasteiger partial charge in [-0.25, -0.2) is 4.99 Å². The van der Waals surface area contributed by atoms with Crippen molar-refractivity contribution in [1.82, 2.24) is 5.32 Å². The third kappa shape index (κ3) is 1.85. The van der Waals surface area contributed by atoms with E-state index in [2.05, 4.69) is 43.1 Å². The molecule has 3 rings (SSSR count). The van der Waals surface area contributed by atoms with E-state index in [0.29, 0.717) is 0 Å². The van der Waals surface area contributed by atoms with Crippen LogP contribution in [0, 0.1) is 0 Å². The Bertz CT molecular complexity index is 602. The summed E-state index contributed by atoms with van der Waals surface area (Å²) in [6.45, 7) is 6.34. The van der Waals surface area contributed by atoms with Crippen molar-refractivity contribution in [3.63, 3.8) is 0 Å². The monoisotopic (exact) mass is 262 g/mol. The lowest BCUT2D eigenvalue weighted by Crippen LogP contribution is -2.28. The van der Waals surface area contributed by atoms with Gasteiger partial charge in [-0.05, 0) is 11.1 Å². The molecule has 1 aliphatic heterocycles. The zero-order chi connectivity index (χ0) is 14.0. The van der Waals surface area contributed by atoms with Gasteiger partial charge in [0, 0.05) is 12.1 Å². The molecule has 0 radical (unpaired) electrons. The number of benzene rings is 2. The maximum atomic E-state index is 4.97. The van der Waals surface area contributed by atoms with E-state index in [0.717, 1.165) is 29.1 Å². The third-order valence-corrected chi connectivity index (χ3v) is 3.75. The second-order valence-corrected chi connectivity index (χ2v) is 4.96. The number of rotatable bonds is 3. The van der Waals surface area contributed by atoms with Crippen LogP contribution < -0.4 is 5.32 Å². The van der Waals surface area contributed by atoms with E-state index in [-0.39, 0.29) is 0 Å². The molecule has 2 heteroatoms. The zero-order valence-corrected chi connectivity index (χ0v) is 11.6. The van der Waals surface area contributed by atoms with E-state index in [1.165, 1.54) is 0 Å². The molecule has 0 saturated carbocycles. The van der Waals surface area contributed by atoms with Crippen LogP contribution >= 0.6 is 0 Å². The van der Waals surface area contributed by atoms with Crippen LogP contribution in [0.3, 0.4) is 0 Å². The number of hydrogen-bond acceptors (Lipinski definition) is 2. The van der Waals surface area contributed by atoms with E-state index < -0.39 is 5.54 Å². The molecule has 0 spiro atoms. The average molecular weight is 262 g/mol. The van der Waals surface area contributed by atoms with Crippen LogP contribution in [-0.2, 0) is 5.54 Å². The minimum absolute atomic E-state index is 0.506. The maximum absolute atomic E-state index is 4.97. The van der Waals surface area contributed by atoms with Crippen molar-refractivity contribution in [3.05, 3.63) is 84.1 Å². The van der Waals surface area contributed by atoms with Gasteiger partial charge in [-0.1, -0.05) is 74.2 Å². The Labute approximate surface area is 119 Å². The van der Waals surface area contributed by atoms with E-state index in [1.54, 1.807) is 0 Å². The molecule has 1 aliphatic rings. The highest BCUT2D eigenvalue weighted by Gasteiger charge is 2.41. The average Bonchev–Trinajstić information content (AvgIpc) is 2.87. The molecule has 2 nitrogen and oxygen atoms in total. The second-order valence-electron chi connectivity index (χ2n) is 4.96. The number of nitrogens with zero attached hydrogens (tertiary/aromatic N) is 1. The summed E-state index contributed by atoms with van der Waals surface area (Å²) in [5.74, 6) is 0.989. The molecule has 0 unspecified atom stereocenters. The first-order valence-corrected chi connectivity index (χ1v) is 6.93. The summed E-state index contributed by atoms with van der Waals surface area (Å²) in [5.41, 5.74) is 2.71. The van der Waals surface area contributed by atoms with Gasteiger partial charge >= 0.3 is 0 Å². The fourth-order valence-electron chi connectivity index (χ4n) is 2.73. The number of aliphatic imine (C=N–C) groups is 1. The van der Waals surface area contributed by atoms with Crippen LogP contribution in [0.25, 0.3) is 0 Å². The SMILES string of the molecule is C=C1NC(CC)=NC1(c1ccccc1)c1ccccc1. The fourth-order valence-corrected chi connectivity index (χ4v) is 2.73. The first-order valence-electron chi connectivity index (χ1n) is 6.93. The molecule has 0 atom stereocenters. The molecule has 0 amide bonds. The smallest absolute Gasteiger partial charge is 0.152 e. The van der Waals surface area contributed by atoms with Gasteiger partial charge in [-0.15, -0.1) is 0 Å². The van der Waals surface area contributed by atoms with Crippen LogP contribution in [0.15, 0.2) is 77.9 Å². The van der Waals surface area contributed by atoms with Gasteiger partial charge in [-0.2, -0.15) is 0 Å². The van der Waals surface area contributed by atoms with Crippen LogP contribution in [0.5, 0.6) is 0 Å². The second kappa shape index (κ2) is 4.97. The van der Waals surface area contributed by atoms with E-state index in [1.807, 2.05) is 36.4 Å². The van der Waals surface area contributed by atoms with Crippen molar-refractivity contribution in [2.45, 2.75) is 18.9 Å². The maximum Gasteiger partial charge on any atom is 0.152 e. The highest BCUT2D eigenvalue weighted by molar-refractivity contribution is 5.88. The van der Waals surface area contributed by atoms with Gasteiger partial charge in [0.2, 0.25) is 0 Å². The van der Waals surface area contributed by atoms with Crippen molar-refractivity contribution >= 4 is 5.84 Å². The fraction of sp³-hybridized carbons (Fsp3) is 0.167. The molecule has 0 bridgehead atoms. The summed E-state index contributed by atoms with van der Waals surface area (Å²) in [4.78, 5) is 4.97. The highest BCUT2D eigenvalue weighted by Crippen LogP contribution is 2.41. The topological polar surface area (TPSA) is 24.4 Å². The van der Waals surface area contributed by atoms with Crippen molar-refractivity contribution in [1.29, 1.82) is 0 Å². The van der Waals surface area contributed by atoms with E-state index in [9.17, 15) is 0 Å². The van der Waals surface area contributed by atoms with Gasteiger partial charge in [0.15, 0.2) is 5.54 Å². The molecule has 0 fully saturated rings. The van der Waals surface area contributed by atoms with Gasteiger partial charge < -0.3 is 5.32 Å². The first kappa shape index (κ1) is 12.7. The Hall–Kier alpha value is -2.35. The lowest BCUT2D eigenvalue weighted by Gasteiger charge is -2.28. The van der Waals surface area contributed by atoms with Crippen LogP contribution in [0.1, 0.15) is 24.5 Å². The molecule has 0 aliphatic carbocycles. The summed E-state index contributed by atoms with van der Waals surface area (Å²) in [5, 5.41) is 3.35. The Morgan fingerprint density at radius 1 is 0.950 bits per heavy atom. The predicted octanol–water partition coefficient (Wildman–Crippen LogP) is 3.86. The first-order chi connectivity index (χ1) is 9.77. The highest BCUT2D eigenvalue weighted by atomic mass is 15.1. The lowest BCUT2D eigenvalue weighted by molar-refractivity contribution is 0.652. The lowest BCUT2D eigenvalue weighted by atomic mass is 9.81. The Kier molecular flexibility index (Phi) is 3.15. The summed E-state index contributed by atoms with van der Waals surface area (Å²) < 4.78 is 0. The summed E-state index contributed by atoms with van der Waals surface area (Å²) >= 11 is 0. The molecule has 1 N–H and O–H groups in total. The standard InChI is InChI=1S/C18H18N2/c1-3-17-19-14(2)18(20-17,15-10-6-4-7-11-15)16-12-8-5-9-13-16/h4-13H,2-3H2,1H3,(H,19,20). The number of amidine groups is 1. The molecule has 2 aromatic rings. The van der Waals surface area contributed by atoms with Crippen molar-refractivity contribution in [2.75, 3.05) is 0 Å². The summed E-state index contributed by atoms with van der Waals surface area (Å²) in [6.07, 6.45) is 0.875. The summed E-state index contributed by atoms with van der Waals surface area (Å²) in [7, 11) is 0. The zero-order valence-electron chi connectivity index (χ0n) is 11.6. The van der Waals surface area contributed by atoms with E-state index >= 15 is 0 Å². The minimum atomic E-state index is -0.506. The third-order valence-electron chi connectivity index (χ3n) is 3.75. The molecular weight excluding hydrogens is 244 g/mol. The van der Waals surface area contributed by atoms with Gasteiger partial charge in [0.05, 0.1) is 0 Å². The Morgan fingerprint density at radius 3 is 1.85 bits per heavy atom. The van der Waals surface area contributed by atoms with Gasteiger partial charge in [-0.3, -0.25) is 0 Å². The van der Waals surface area contributed by atoms with E-state index in [4.69, 9.17) is 4.99 Å². The van der Waals surface area contributed by atoms with Crippen molar-refractivity contribution < 1.29 is 0 Å². The molecule has 2 aromatic carbocycles. The van der Waals surface area contributed by atoms with Crippen LogP contribution in [0.2, 0.25) is 0 Å². The van der Waals surface area contributed by atoms with Crippen molar-refractivity contribution in [3.8, 4) is 0 Å². The largest absolute Gasteiger partial charge is 0.345 e. The van der Waals surface area contributed by atoms with Crippen LogP contribution in [-0.4, -0.2) is 5.84 Å². The van der Waals surface area contributed by atoms with Gasteiger partial charge in [0.1, 0.15) is 5.84 Å².